The smallest absolute Gasteiger partial charge is 0.349 e. The van der Waals surface area contributed by atoms with E-state index in [1.807, 2.05) is 0 Å². The van der Waals surface area contributed by atoms with Crippen LogP contribution in [0.15, 0.2) is 22.1 Å². The van der Waals surface area contributed by atoms with Gasteiger partial charge in [-0.1, -0.05) is 0 Å². The van der Waals surface area contributed by atoms with Crippen LogP contribution in [0.3, 0.4) is 0 Å². The number of carbonyl (C=O) groups is 2. The van der Waals surface area contributed by atoms with Crippen LogP contribution in [0.25, 0.3) is 0 Å². The predicted molar refractivity (Wildman–Crippen MR) is 65.3 cm³/mol. The Hall–Kier alpha value is -1.83. The van der Waals surface area contributed by atoms with Gasteiger partial charge in [-0.25, -0.2) is 4.79 Å². The molecule has 18 heavy (non-hydrogen) atoms. The van der Waals surface area contributed by atoms with Crippen molar-refractivity contribution >= 4 is 23.6 Å². The molecule has 1 N–H and O–H groups in total. The summed E-state index contributed by atoms with van der Waals surface area (Å²) in [7, 11) is 1.23. The van der Waals surface area contributed by atoms with Gasteiger partial charge in [-0.05, 0) is 12.3 Å². The average molecular weight is 271 g/mol. The van der Waals surface area contributed by atoms with Crippen molar-refractivity contribution in [3.63, 3.8) is 0 Å². The number of nitrogens with one attached hydrogen (secondary N) is 1. The van der Waals surface area contributed by atoms with Gasteiger partial charge < -0.3 is 10.1 Å². The summed E-state index contributed by atoms with van der Waals surface area (Å²) in [4.78, 5) is 37.5. The van der Waals surface area contributed by atoms with Gasteiger partial charge in [0.15, 0.2) is 0 Å². The lowest BCUT2D eigenvalue weighted by Crippen LogP contribution is -2.36. The normalized spacial score (nSPS) is 9.89. The van der Waals surface area contributed by atoms with E-state index in [1.54, 1.807) is 12.3 Å². The number of amides is 1. The minimum Gasteiger partial charge on any atom is -0.468 e. The van der Waals surface area contributed by atoms with Gasteiger partial charge in [-0.15, -0.1) is 11.8 Å². The first kappa shape index (κ1) is 14.2. The molecule has 0 aliphatic carbocycles. The van der Waals surface area contributed by atoms with Gasteiger partial charge >= 0.3 is 11.7 Å². The van der Waals surface area contributed by atoms with E-state index in [1.165, 1.54) is 25.1 Å². The van der Waals surface area contributed by atoms with Crippen molar-refractivity contribution in [2.45, 2.75) is 11.6 Å². The number of esters is 1. The molecule has 0 unspecified atom stereocenters. The fourth-order valence-electron chi connectivity index (χ4n) is 1.10. The second-order valence-corrected chi connectivity index (χ2v) is 4.06. The van der Waals surface area contributed by atoms with Gasteiger partial charge in [0.25, 0.3) is 0 Å². The molecular formula is C10H13N3O4S. The molecule has 0 bridgehead atoms. The number of thioether (sulfide) groups is 1. The van der Waals surface area contributed by atoms with Gasteiger partial charge in [0.2, 0.25) is 5.91 Å². The highest BCUT2D eigenvalue weighted by atomic mass is 32.2. The van der Waals surface area contributed by atoms with Crippen molar-refractivity contribution in [2.75, 3.05) is 19.9 Å². The Morgan fingerprint density at radius 1 is 1.56 bits per heavy atom. The van der Waals surface area contributed by atoms with Crippen LogP contribution in [0, 0.1) is 0 Å². The summed E-state index contributed by atoms with van der Waals surface area (Å²) in [5.74, 6) is -1.01. The highest BCUT2D eigenvalue weighted by Crippen LogP contribution is 2.06. The molecule has 0 aliphatic rings. The van der Waals surface area contributed by atoms with Crippen molar-refractivity contribution in [1.29, 1.82) is 0 Å². The molecule has 0 atom stereocenters. The highest BCUT2D eigenvalue weighted by Gasteiger charge is 2.07. The number of methoxy groups -OCH3 is 1. The van der Waals surface area contributed by atoms with Gasteiger partial charge in [-0.2, -0.15) is 4.98 Å². The molecule has 1 amide bonds. The summed E-state index contributed by atoms with van der Waals surface area (Å²) in [6.07, 6.45) is 3.29. The fraction of sp³-hybridized carbons (Fsp3) is 0.400. The van der Waals surface area contributed by atoms with E-state index >= 15 is 0 Å². The van der Waals surface area contributed by atoms with Gasteiger partial charge in [0.1, 0.15) is 18.1 Å². The van der Waals surface area contributed by atoms with E-state index in [9.17, 15) is 14.4 Å². The molecule has 1 aromatic heterocycles. The van der Waals surface area contributed by atoms with Crippen LogP contribution >= 0.6 is 11.8 Å². The first-order valence-electron chi connectivity index (χ1n) is 5.02. The zero-order valence-corrected chi connectivity index (χ0v) is 10.8. The zero-order valence-electron chi connectivity index (χ0n) is 10.0. The monoisotopic (exact) mass is 271 g/mol. The third-order valence-electron chi connectivity index (χ3n) is 2.03. The Morgan fingerprint density at radius 2 is 2.28 bits per heavy atom. The van der Waals surface area contributed by atoms with Gasteiger partial charge in [0, 0.05) is 6.20 Å². The van der Waals surface area contributed by atoms with E-state index in [0.717, 1.165) is 4.57 Å². The standard InChI is InChI=1S/C10H13N3O4S/c1-17-9(15)5-11-7(14)6-13-4-3-8(18-2)12-10(13)16/h3-4H,5-6H2,1-2H3,(H,11,14). The first-order chi connectivity index (χ1) is 8.56. The number of rotatable bonds is 5. The average Bonchev–Trinajstić information content (AvgIpc) is 2.38. The predicted octanol–water partition coefficient (Wildman–Crippen LogP) is -0.746. The molecule has 0 saturated carbocycles. The third-order valence-corrected chi connectivity index (χ3v) is 2.67. The van der Waals surface area contributed by atoms with Crippen LogP contribution in [-0.4, -0.2) is 41.3 Å². The fourth-order valence-corrected chi connectivity index (χ4v) is 1.47. The minimum atomic E-state index is -0.549. The molecule has 7 nitrogen and oxygen atoms in total. The van der Waals surface area contributed by atoms with Crippen LogP contribution in [0.2, 0.25) is 0 Å². The Morgan fingerprint density at radius 3 is 2.83 bits per heavy atom. The Labute approximate surface area is 108 Å². The van der Waals surface area contributed by atoms with E-state index < -0.39 is 17.6 Å². The van der Waals surface area contributed by atoms with Crippen LogP contribution in [0.1, 0.15) is 0 Å². The van der Waals surface area contributed by atoms with Gasteiger partial charge in [0.05, 0.1) is 7.11 Å². The van der Waals surface area contributed by atoms with Crippen LogP contribution in [0.5, 0.6) is 0 Å². The first-order valence-corrected chi connectivity index (χ1v) is 6.24. The van der Waals surface area contributed by atoms with E-state index in [0.29, 0.717) is 5.03 Å². The van der Waals surface area contributed by atoms with E-state index in [-0.39, 0.29) is 13.1 Å². The number of nitrogens with zero attached hydrogens (tertiary/aromatic N) is 2. The van der Waals surface area contributed by atoms with Crippen LogP contribution < -0.4 is 11.0 Å². The Balaban J connectivity index is 2.59. The molecule has 0 saturated heterocycles. The second-order valence-electron chi connectivity index (χ2n) is 3.23. The maximum absolute atomic E-state index is 11.5. The number of hydrogen-bond donors (Lipinski definition) is 1. The van der Waals surface area contributed by atoms with Crippen molar-refractivity contribution < 1.29 is 14.3 Å². The van der Waals surface area contributed by atoms with E-state index in [4.69, 9.17) is 0 Å². The molecule has 8 heteroatoms. The number of carbonyl (C=O) groups excluding carboxylic acids is 2. The highest BCUT2D eigenvalue weighted by molar-refractivity contribution is 7.98. The summed E-state index contributed by atoms with van der Waals surface area (Å²) in [5.41, 5.74) is -0.505. The number of aromatic nitrogens is 2. The van der Waals surface area contributed by atoms with Crippen molar-refractivity contribution in [3.05, 3.63) is 22.7 Å². The van der Waals surface area contributed by atoms with Crippen molar-refractivity contribution in [2.24, 2.45) is 0 Å². The molecule has 0 aliphatic heterocycles. The molecule has 0 fully saturated rings. The van der Waals surface area contributed by atoms with Crippen LogP contribution in [-0.2, 0) is 20.9 Å². The minimum absolute atomic E-state index is 0.183. The molecule has 0 radical (unpaired) electrons. The lowest BCUT2D eigenvalue weighted by molar-refractivity contribution is -0.141. The SMILES string of the molecule is COC(=O)CNC(=O)Cn1ccc(SC)nc1=O. The lowest BCUT2D eigenvalue weighted by Gasteiger charge is -2.06. The summed E-state index contributed by atoms with van der Waals surface area (Å²) in [6.45, 7) is -0.405. The summed E-state index contributed by atoms with van der Waals surface area (Å²) >= 11 is 1.34. The number of hydrogen-bond acceptors (Lipinski definition) is 6. The maximum atomic E-state index is 11.5. The summed E-state index contributed by atoms with van der Waals surface area (Å²) < 4.78 is 5.53. The molecule has 1 rings (SSSR count). The third kappa shape index (κ3) is 4.21. The topological polar surface area (TPSA) is 90.3 Å². The quantitative estimate of drug-likeness (QED) is 0.431. The van der Waals surface area contributed by atoms with Gasteiger partial charge in [-0.3, -0.25) is 14.2 Å². The lowest BCUT2D eigenvalue weighted by atomic mass is 10.5. The zero-order chi connectivity index (χ0) is 13.5. The Bertz CT molecular complexity index is 500. The summed E-state index contributed by atoms with van der Waals surface area (Å²) in [6, 6.07) is 1.64. The van der Waals surface area contributed by atoms with E-state index in [2.05, 4.69) is 15.0 Å². The molecule has 98 valence electrons. The number of ether oxygens (including phenoxy) is 1. The second kappa shape index (κ2) is 6.80. The summed E-state index contributed by atoms with van der Waals surface area (Å²) in [5, 5.41) is 2.92. The van der Waals surface area contributed by atoms with Crippen molar-refractivity contribution in [3.8, 4) is 0 Å². The molecular weight excluding hydrogens is 258 g/mol. The van der Waals surface area contributed by atoms with Crippen LogP contribution in [0.4, 0.5) is 0 Å². The molecule has 0 spiro atoms. The van der Waals surface area contributed by atoms with Crippen molar-refractivity contribution in [1.82, 2.24) is 14.9 Å². The largest absolute Gasteiger partial charge is 0.468 e. The molecule has 1 aromatic rings. The molecule has 1 heterocycles. The maximum Gasteiger partial charge on any atom is 0.349 e. The molecule has 0 aromatic carbocycles. The Kier molecular flexibility index (Phi) is 5.37.